The molecule has 0 unspecified atom stereocenters. The maximum Gasteiger partial charge on any atom is 0.0700 e. The lowest BCUT2D eigenvalue weighted by Crippen LogP contribution is -2.32. The van der Waals surface area contributed by atoms with Crippen LogP contribution in [0.1, 0.15) is 40.5 Å². The Labute approximate surface area is 107 Å². The fraction of sp³-hybridized carbons (Fsp3) is 1.00. The van der Waals surface area contributed by atoms with Crippen molar-refractivity contribution in [2.75, 3.05) is 40.0 Å². The first kappa shape index (κ1) is 16.9. The lowest BCUT2D eigenvalue weighted by molar-refractivity contribution is 0.0648. The zero-order valence-electron chi connectivity index (χ0n) is 12.3. The third kappa shape index (κ3) is 12.1. The van der Waals surface area contributed by atoms with E-state index < -0.39 is 0 Å². The molecule has 0 aromatic carbocycles. The summed E-state index contributed by atoms with van der Waals surface area (Å²) in [5.74, 6) is 0.725. The van der Waals surface area contributed by atoms with E-state index in [1.165, 1.54) is 6.42 Å². The molecule has 17 heavy (non-hydrogen) atoms. The molecular weight excluding hydrogens is 214 g/mol. The molecule has 0 spiro atoms. The van der Waals surface area contributed by atoms with Crippen LogP contribution < -0.4 is 5.32 Å². The van der Waals surface area contributed by atoms with Crippen molar-refractivity contribution in [3.63, 3.8) is 0 Å². The summed E-state index contributed by atoms with van der Waals surface area (Å²) in [4.78, 5) is 0. The Morgan fingerprint density at radius 2 is 1.82 bits per heavy atom. The summed E-state index contributed by atoms with van der Waals surface area (Å²) in [6.07, 6.45) is 2.32. The summed E-state index contributed by atoms with van der Waals surface area (Å²) in [7, 11) is 1.70. The summed E-state index contributed by atoms with van der Waals surface area (Å²) in [5, 5.41) is 3.53. The molecule has 104 valence electrons. The fourth-order valence-electron chi connectivity index (χ4n) is 1.68. The minimum atomic E-state index is 0.361. The highest BCUT2D eigenvalue weighted by Gasteiger charge is 2.16. The Kier molecular flexibility index (Phi) is 9.79. The Bertz CT molecular complexity index is 170. The van der Waals surface area contributed by atoms with E-state index in [9.17, 15) is 0 Å². The SMILES string of the molecule is COCCOCCCC(C)(C)CNCC(C)C. The first-order valence-electron chi connectivity index (χ1n) is 6.75. The van der Waals surface area contributed by atoms with Crippen LogP contribution >= 0.6 is 0 Å². The number of hydrogen-bond donors (Lipinski definition) is 1. The first-order valence-corrected chi connectivity index (χ1v) is 6.75. The van der Waals surface area contributed by atoms with E-state index in [1.54, 1.807) is 7.11 Å². The maximum absolute atomic E-state index is 5.47. The predicted octanol–water partition coefficient (Wildman–Crippen LogP) is 2.70. The molecule has 0 saturated carbocycles. The molecule has 0 aliphatic rings. The fourth-order valence-corrected chi connectivity index (χ4v) is 1.68. The molecule has 0 aromatic heterocycles. The minimum absolute atomic E-state index is 0.361. The minimum Gasteiger partial charge on any atom is -0.382 e. The van der Waals surface area contributed by atoms with Gasteiger partial charge in [0.25, 0.3) is 0 Å². The van der Waals surface area contributed by atoms with E-state index in [2.05, 4.69) is 33.0 Å². The van der Waals surface area contributed by atoms with Crippen LogP contribution in [-0.4, -0.2) is 40.0 Å². The van der Waals surface area contributed by atoms with Gasteiger partial charge in [-0.25, -0.2) is 0 Å². The third-order valence-electron chi connectivity index (χ3n) is 2.73. The van der Waals surface area contributed by atoms with E-state index in [4.69, 9.17) is 9.47 Å². The van der Waals surface area contributed by atoms with Crippen LogP contribution in [0, 0.1) is 11.3 Å². The van der Waals surface area contributed by atoms with Crippen LogP contribution in [0.25, 0.3) is 0 Å². The molecule has 0 amide bonds. The highest BCUT2D eigenvalue weighted by Crippen LogP contribution is 2.21. The van der Waals surface area contributed by atoms with Crippen molar-refractivity contribution in [1.82, 2.24) is 5.32 Å². The molecule has 0 rings (SSSR count). The quantitative estimate of drug-likeness (QED) is 0.568. The Hall–Kier alpha value is -0.120. The van der Waals surface area contributed by atoms with Gasteiger partial charge in [-0.05, 0) is 30.7 Å². The molecule has 0 atom stereocenters. The van der Waals surface area contributed by atoms with Crippen LogP contribution in [0.4, 0.5) is 0 Å². The van der Waals surface area contributed by atoms with Crippen molar-refractivity contribution >= 4 is 0 Å². The van der Waals surface area contributed by atoms with Crippen molar-refractivity contribution in [3.05, 3.63) is 0 Å². The normalized spacial score (nSPS) is 12.4. The Morgan fingerprint density at radius 3 is 2.41 bits per heavy atom. The van der Waals surface area contributed by atoms with Crippen LogP contribution in [0.2, 0.25) is 0 Å². The molecule has 0 heterocycles. The van der Waals surface area contributed by atoms with Crippen molar-refractivity contribution < 1.29 is 9.47 Å². The van der Waals surface area contributed by atoms with Gasteiger partial charge in [-0.1, -0.05) is 27.7 Å². The van der Waals surface area contributed by atoms with Crippen molar-refractivity contribution in [1.29, 1.82) is 0 Å². The lowest BCUT2D eigenvalue weighted by atomic mass is 9.88. The van der Waals surface area contributed by atoms with Gasteiger partial charge in [0.05, 0.1) is 13.2 Å². The molecule has 0 saturated heterocycles. The third-order valence-corrected chi connectivity index (χ3v) is 2.73. The largest absolute Gasteiger partial charge is 0.382 e. The molecule has 3 heteroatoms. The number of nitrogens with one attached hydrogen (secondary N) is 1. The predicted molar refractivity (Wildman–Crippen MR) is 73.4 cm³/mol. The smallest absolute Gasteiger partial charge is 0.0700 e. The first-order chi connectivity index (χ1) is 7.98. The second kappa shape index (κ2) is 9.86. The van der Waals surface area contributed by atoms with Crippen LogP contribution in [0.15, 0.2) is 0 Å². The zero-order valence-corrected chi connectivity index (χ0v) is 12.3. The van der Waals surface area contributed by atoms with Gasteiger partial charge in [0, 0.05) is 20.3 Å². The average molecular weight is 245 g/mol. The molecule has 3 nitrogen and oxygen atoms in total. The van der Waals surface area contributed by atoms with E-state index in [-0.39, 0.29) is 0 Å². The van der Waals surface area contributed by atoms with Crippen LogP contribution in [-0.2, 0) is 9.47 Å². The summed E-state index contributed by atoms with van der Waals surface area (Å²) in [5.41, 5.74) is 0.361. The average Bonchev–Trinajstić information content (AvgIpc) is 2.22. The van der Waals surface area contributed by atoms with Crippen molar-refractivity contribution in [2.45, 2.75) is 40.5 Å². The van der Waals surface area contributed by atoms with E-state index >= 15 is 0 Å². The van der Waals surface area contributed by atoms with E-state index in [0.29, 0.717) is 18.6 Å². The molecule has 0 aromatic rings. The number of methoxy groups -OCH3 is 1. The van der Waals surface area contributed by atoms with Crippen LogP contribution in [0.5, 0.6) is 0 Å². The van der Waals surface area contributed by atoms with Gasteiger partial charge < -0.3 is 14.8 Å². The van der Waals surface area contributed by atoms with Gasteiger partial charge in [0.15, 0.2) is 0 Å². The van der Waals surface area contributed by atoms with Gasteiger partial charge >= 0.3 is 0 Å². The number of rotatable bonds is 11. The van der Waals surface area contributed by atoms with Gasteiger partial charge in [0.2, 0.25) is 0 Å². The molecule has 0 radical (unpaired) electrons. The van der Waals surface area contributed by atoms with Crippen molar-refractivity contribution in [2.24, 2.45) is 11.3 Å². The van der Waals surface area contributed by atoms with Gasteiger partial charge in [-0.2, -0.15) is 0 Å². The highest BCUT2D eigenvalue weighted by molar-refractivity contribution is 4.71. The monoisotopic (exact) mass is 245 g/mol. The number of hydrogen-bond acceptors (Lipinski definition) is 3. The molecule has 0 aliphatic carbocycles. The maximum atomic E-state index is 5.47. The Balaban J connectivity index is 3.43. The van der Waals surface area contributed by atoms with Gasteiger partial charge in [-0.3, -0.25) is 0 Å². The second-order valence-corrected chi connectivity index (χ2v) is 5.90. The molecular formula is C14H31NO2. The summed E-state index contributed by atoms with van der Waals surface area (Å²) >= 11 is 0. The summed E-state index contributed by atoms with van der Waals surface area (Å²) in [6, 6.07) is 0. The van der Waals surface area contributed by atoms with E-state index in [1.807, 2.05) is 0 Å². The Morgan fingerprint density at radius 1 is 1.12 bits per heavy atom. The lowest BCUT2D eigenvalue weighted by Gasteiger charge is -2.25. The number of ether oxygens (including phenoxy) is 2. The van der Waals surface area contributed by atoms with Crippen molar-refractivity contribution in [3.8, 4) is 0 Å². The summed E-state index contributed by atoms with van der Waals surface area (Å²) < 4.78 is 10.4. The van der Waals surface area contributed by atoms with E-state index in [0.717, 1.165) is 32.0 Å². The molecule has 0 bridgehead atoms. The molecule has 1 N–H and O–H groups in total. The topological polar surface area (TPSA) is 30.5 Å². The zero-order chi connectivity index (χ0) is 13.1. The second-order valence-electron chi connectivity index (χ2n) is 5.90. The molecule has 0 aliphatic heterocycles. The summed E-state index contributed by atoms with van der Waals surface area (Å²) in [6.45, 7) is 13.5. The van der Waals surface area contributed by atoms with Gasteiger partial charge in [0.1, 0.15) is 0 Å². The molecule has 0 fully saturated rings. The van der Waals surface area contributed by atoms with Gasteiger partial charge in [-0.15, -0.1) is 0 Å². The standard InChI is InChI=1S/C14H31NO2/c1-13(2)11-15-12-14(3,4)7-6-8-17-10-9-16-5/h13,15H,6-12H2,1-5H3. The highest BCUT2D eigenvalue weighted by atomic mass is 16.5. The van der Waals surface area contributed by atoms with Crippen LogP contribution in [0.3, 0.4) is 0 Å².